The molecule has 0 spiro atoms. The van der Waals surface area contributed by atoms with Gasteiger partial charge in [0.05, 0.1) is 17.8 Å². The minimum Gasteiger partial charge on any atom is -0.364 e. The quantitative estimate of drug-likeness (QED) is 0.882. The molecule has 0 unspecified atom stereocenters. The number of hydrogen-bond acceptors (Lipinski definition) is 3. The van der Waals surface area contributed by atoms with Crippen molar-refractivity contribution in [1.29, 1.82) is 5.26 Å². The number of nitrogens with one attached hydrogen (secondary N) is 1. The summed E-state index contributed by atoms with van der Waals surface area (Å²) >= 11 is 0. The average molecular weight is 249 g/mol. The van der Waals surface area contributed by atoms with Crippen LogP contribution in [0.5, 0.6) is 0 Å². The maximum absolute atomic E-state index is 13.0. The van der Waals surface area contributed by atoms with Crippen LogP contribution in [0.4, 0.5) is 10.1 Å². The Morgan fingerprint density at radius 3 is 2.78 bits per heavy atom. The van der Waals surface area contributed by atoms with Crippen LogP contribution in [0.2, 0.25) is 0 Å². The highest BCUT2D eigenvalue weighted by Gasteiger charge is 2.12. The van der Waals surface area contributed by atoms with Gasteiger partial charge in [-0.25, -0.2) is 4.39 Å². The zero-order valence-electron chi connectivity index (χ0n) is 10.7. The molecule has 0 aromatic heterocycles. The third-order valence-electron chi connectivity index (χ3n) is 2.32. The van der Waals surface area contributed by atoms with Crippen molar-refractivity contribution in [3.8, 4) is 6.07 Å². The fraction of sp³-hybridized carbons (Fsp3) is 0.385. The Labute approximate surface area is 106 Å². The third-order valence-corrected chi connectivity index (χ3v) is 2.32. The number of amides is 1. The summed E-state index contributed by atoms with van der Waals surface area (Å²) in [5, 5.41) is 11.7. The van der Waals surface area contributed by atoms with Gasteiger partial charge >= 0.3 is 0 Å². The summed E-state index contributed by atoms with van der Waals surface area (Å²) in [6.45, 7) is 3.87. The second kappa shape index (κ2) is 6.01. The molecule has 0 aliphatic heterocycles. The number of carbonyl (C=O) groups excluding carboxylic acids is 1. The van der Waals surface area contributed by atoms with E-state index < -0.39 is 5.82 Å². The van der Waals surface area contributed by atoms with E-state index >= 15 is 0 Å². The predicted molar refractivity (Wildman–Crippen MR) is 67.7 cm³/mol. The maximum atomic E-state index is 13.0. The molecule has 0 radical (unpaired) electrons. The minimum absolute atomic E-state index is 0.0644. The molecule has 1 aromatic rings. The van der Waals surface area contributed by atoms with Crippen LogP contribution >= 0.6 is 0 Å². The van der Waals surface area contributed by atoms with E-state index in [9.17, 15) is 9.18 Å². The van der Waals surface area contributed by atoms with E-state index in [4.69, 9.17) is 5.26 Å². The summed E-state index contributed by atoms with van der Waals surface area (Å²) in [6, 6.07) is 5.91. The first-order valence-corrected chi connectivity index (χ1v) is 5.64. The van der Waals surface area contributed by atoms with Crippen molar-refractivity contribution in [2.75, 3.05) is 18.5 Å². The Hall–Kier alpha value is -2.09. The van der Waals surface area contributed by atoms with Crippen LogP contribution in [-0.4, -0.2) is 25.5 Å². The average Bonchev–Trinajstić information content (AvgIpc) is 2.27. The molecule has 0 bridgehead atoms. The van der Waals surface area contributed by atoms with Gasteiger partial charge in [-0.1, -0.05) is 0 Å². The Morgan fingerprint density at radius 2 is 2.22 bits per heavy atom. The van der Waals surface area contributed by atoms with Gasteiger partial charge in [0, 0.05) is 13.1 Å². The molecular formula is C13H16FN3O. The lowest BCUT2D eigenvalue weighted by Gasteiger charge is -2.20. The molecule has 0 saturated heterocycles. The van der Waals surface area contributed by atoms with Crippen molar-refractivity contribution < 1.29 is 9.18 Å². The van der Waals surface area contributed by atoms with Crippen LogP contribution in [-0.2, 0) is 4.79 Å². The number of likely N-dealkylation sites (N-methyl/N-ethyl adjacent to an activating group) is 1. The van der Waals surface area contributed by atoms with Gasteiger partial charge < -0.3 is 10.2 Å². The van der Waals surface area contributed by atoms with Crippen LogP contribution in [0.15, 0.2) is 18.2 Å². The monoisotopic (exact) mass is 249 g/mol. The molecule has 0 aliphatic carbocycles. The number of nitrogens with zero attached hydrogens (tertiary/aromatic N) is 2. The first-order valence-electron chi connectivity index (χ1n) is 5.64. The zero-order valence-corrected chi connectivity index (χ0v) is 10.7. The van der Waals surface area contributed by atoms with E-state index in [0.29, 0.717) is 5.69 Å². The molecule has 18 heavy (non-hydrogen) atoms. The van der Waals surface area contributed by atoms with Gasteiger partial charge in [-0.3, -0.25) is 4.79 Å². The van der Waals surface area contributed by atoms with Crippen molar-refractivity contribution in [2.24, 2.45) is 0 Å². The summed E-state index contributed by atoms with van der Waals surface area (Å²) < 4.78 is 13.0. The van der Waals surface area contributed by atoms with Crippen LogP contribution < -0.4 is 10.2 Å². The number of carbonyl (C=O) groups is 1. The lowest BCUT2D eigenvalue weighted by atomic mass is 10.1. The third kappa shape index (κ3) is 3.74. The number of benzene rings is 1. The van der Waals surface area contributed by atoms with Gasteiger partial charge in [-0.2, -0.15) is 5.26 Å². The standard InChI is InChI=1S/C13H16FN3O/c1-9(2)16-13(18)8-17(3)12-5-4-11(14)6-10(12)7-15/h4-6,9H,8H2,1-3H3,(H,16,18). The van der Waals surface area contributed by atoms with Crippen LogP contribution in [0, 0.1) is 17.1 Å². The molecule has 1 rings (SSSR count). The Balaban J connectivity index is 2.82. The van der Waals surface area contributed by atoms with Crippen molar-refractivity contribution in [3.05, 3.63) is 29.6 Å². The number of anilines is 1. The van der Waals surface area contributed by atoms with Crippen LogP contribution in [0.25, 0.3) is 0 Å². The predicted octanol–water partition coefficient (Wildman–Crippen LogP) is 1.66. The van der Waals surface area contributed by atoms with Crippen molar-refractivity contribution in [1.82, 2.24) is 5.32 Å². The van der Waals surface area contributed by atoms with E-state index in [1.54, 1.807) is 11.9 Å². The summed E-state index contributed by atoms with van der Waals surface area (Å²) in [7, 11) is 1.69. The van der Waals surface area contributed by atoms with E-state index in [-0.39, 0.29) is 24.1 Å². The molecule has 4 nitrogen and oxygen atoms in total. The highest BCUT2D eigenvalue weighted by molar-refractivity contribution is 5.82. The van der Waals surface area contributed by atoms with Gasteiger partial charge in [-0.05, 0) is 32.0 Å². The van der Waals surface area contributed by atoms with Crippen molar-refractivity contribution in [3.63, 3.8) is 0 Å². The number of nitriles is 1. The normalized spacial score (nSPS) is 10.0. The van der Waals surface area contributed by atoms with Gasteiger partial charge in [0.25, 0.3) is 0 Å². The van der Waals surface area contributed by atoms with E-state index in [0.717, 1.165) is 6.07 Å². The molecule has 1 N–H and O–H groups in total. The lowest BCUT2D eigenvalue weighted by molar-refractivity contribution is -0.120. The summed E-state index contributed by atoms with van der Waals surface area (Å²) in [4.78, 5) is 13.2. The van der Waals surface area contributed by atoms with Gasteiger partial charge in [0.1, 0.15) is 11.9 Å². The Bertz CT molecular complexity index is 480. The van der Waals surface area contributed by atoms with Crippen molar-refractivity contribution in [2.45, 2.75) is 19.9 Å². The van der Waals surface area contributed by atoms with Crippen LogP contribution in [0.1, 0.15) is 19.4 Å². The second-order valence-electron chi connectivity index (χ2n) is 4.35. The number of hydrogen-bond donors (Lipinski definition) is 1. The fourth-order valence-corrected chi connectivity index (χ4v) is 1.60. The van der Waals surface area contributed by atoms with Crippen molar-refractivity contribution >= 4 is 11.6 Å². The van der Waals surface area contributed by atoms with Crippen LogP contribution in [0.3, 0.4) is 0 Å². The van der Waals surface area contributed by atoms with Gasteiger partial charge in [0.15, 0.2) is 0 Å². The molecule has 5 heteroatoms. The molecular weight excluding hydrogens is 233 g/mol. The van der Waals surface area contributed by atoms with E-state index in [1.807, 2.05) is 19.9 Å². The molecule has 0 fully saturated rings. The molecule has 1 aromatic carbocycles. The first-order chi connectivity index (χ1) is 8.43. The molecule has 0 atom stereocenters. The Kier molecular flexibility index (Phi) is 4.67. The summed E-state index contributed by atoms with van der Waals surface area (Å²) in [6.07, 6.45) is 0. The second-order valence-corrected chi connectivity index (χ2v) is 4.35. The Morgan fingerprint density at radius 1 is 1.56 bits per heavy atom. The number of rotatable bonds is 4. The molecule has 0 saturated carbocycles. The molecule has 0 heterocycles. The minimum atomic E-state index is -0.463. The topological polar surface area (TPSA) is 56.1 Å². The highest BCUT2D eigenvalue weighted by Crippen LogP contribution is 2.19. The molecule has 0 aliphatic rings. The highest BCUT2D eigenvalue weighted by atomic mass is 19.1. The van der Waals surface area contributed by atoms with E-state index in [2.05, 4.69) is 5.32 Å². The smallest absolute Gasteiger partial charge is 0.239 e. The van der Waals surface area contributed by atoms with Gasteiger partial charge in [-0.15, -0.1) is 0 Å². The lowest BCUT2D eigenvalue weighted by Crippen LogP contribution is -2.38. The molecule has 96 valence electrons. The fourth-order valence-electron chi connectivity index (χ4n) is 1.60. The molecule has 1 amide bonds. The zero-order chi connectivity index (χ0) is 13.7. The summed E-state index contributed by atoms with van der Waals surface area (Å²) in [5.41, 5.74) is 0.757. The first kappa shape index (κ1) is 14.0. The summed E-state index contributed by atoms with van der Waals surface area (Å²) in [5.74, 6) is -0.601. The SMILES string of the molecule is CC(C)NC(=O)CN(C)c1ccc(F)cc1C#N. The largest absolute Gasteiger partial charge is 0.364 e. The number of halogens is 1. The van der Waals surface area contributed by atoms with E-state index in [1.165, 1.54) is 12.1 Å². The maximum Gasteiger partial charge on any atom is 0.239 e. The van der Waals surface area contributed by atoms with Gasteiger partial charge in [0.2, 0.25) is 5.91 Å².